The Kier molecular flexibility index (Phi) is 10.8. The second-order valence-electron chi connectivity index (χ2n) is 14.2. The number of ether oxygens (including phenoxy) is 2. The molecule has 3 atom stereocenters. The van der Waals surface area contributed by atoms with Gasteiger partial charge in [-0.15, -0.1) is 0 Å². The quantitative estimate of drug-likeness (QED) is 0.194. The maximum atomic E-state index is 14.2. The molecule has 0 unspecified atom stereocenters. The van der Waals surface area contributed by atoms with Crippen LogP contribution in [-0.2, 0) is 34.0 Å². The molecule has 3 aliphatic rings. The third-order valence-electron chi connectivity index (χ3n) is 10.3. The number of carboxylic acids is 1. The monoisotopic (exact) mass is 768 g/mol. The highest BCUT2D eigenvalue weighted by molar-refractivity contribution is 6.30. The molecule has 2 amide bonds. The van der Waals surface area contributed by atoms with Crippen molar-refractivity contribution < 1.29 is 42.1 Å². The van der Waals surface area contributed by atoms with Gasteiger partial charge in [-0.2, -0.15) is 0 Å². The van der Waals surface area contributed by atoms with E-state index in [1.54, 1.807) is 36.4 Å². The predicted octanol–water partition coefficient (Wildman–Crippen LogP) is 5.41. The number of carbonyl (C=O) groups is 3. The van der Waals surface area contributed by atoms with E-state index < -0.39 is 54.6 Å². The summed E-state index contributed by atoms with van der Waals surface area (Å²) in [6, 6.07) is 12.2. The Bertz CT molecular complexity index is 2050. The van der Waals surface area contributed by atoms with Gasteiger partial charge in [-0.25, -0.2) is 27.9 Å². The third kappa shape index (κ3) is 8.32. The fraction of sp³-hybridized carbons (Fsp3) is 0.447. The minimum absolute atomic E-state index is 0.0349. The molecule has 0 aliphatic carbocycles. The number of fused-ring (bicyclic) bond motifs is 1. The lowest BCUT2D eigenvalue weighted by Gasteiger charge is -2.32. The Morgan fingerprint density at radius 2 is 1.87 bits per heavy atom. The van der Waals surface area contributed by atoms with E-state index in [-0.39, 0.29) is 24.2 Å². The first kappa shape index (κ1) is 37.6. The van der Waals surface area contributed by atoms with Crippen molar-refractivity contribution in [2.75, 3.05) is 26.2 Å². The number of hydrogen-bond acceptors (Lipinski definition) is 8. The molecule has 0 spiro atoms. The number of halogens is 4. The van der Waals surface area contributed by atoms with Gasteiger partial charge in [-0.3, -0.25) is 14.5 Å². The Balaban J connectivity index is 0.998. The maximum Gasteiger partial charge on any atom is 0.326 e. The van der Waals surface area contributed by atoms with E-state index in [4.69, 9.17) is 31.0 Å². The fourth-order valence-electron chi connectivity index (χ4n) is 7.25. The number of aliphatic carboxylic acids is 1. The van der Waals surface area contributed by atoms with Crippen LogP contribution in [0, 0.1) is 5.82 Å². The minimum Gasteiger partial charge on any atom is -0.480 e. The Hall–Kier alpha value is -4.73. The molecule has 12 nitrogen and oxygen atoms in total. The summed E-state index contributed by atoms with van der Waals surface area (Å²) in [6.45, 7) is 3.80. The first-order chi connectivity index (χ1) is 25.8. The number of amides is 2. The van der Waals surface area contributed by atoms with Crippen LogP contribution in [0.5, 0.6) is 5.88 Å². The number of alkyl halides is 2. The summed E-state index contributed by atoms with van der Waals surface area (Å²) in [5, 5.41) is 12.2. The van der Waals surface area contributed by atoms with Crippen LogP contribution in [0.4, 0.5) is 13.2 Å². The molecule has 0 radical (unpaired) electrons. The number of aromatic nitrogens is 3. The number of hydrogen-bond donors (Lipinski definition) is 2. The molecule has 2 aromatic carbocycles. The van der Waals surface area contributed by atoms with Gasteiger partial charge in [0.25, 0.3) is 11.8 Å². The smallest absolute Gasteiger partial charge is 0.326 e. The fourth-order valence-corrected chi connectivity index (χ4v) is 7.41. The van der Waals surface area contributed by atoms with Crippen molar-refractivity contribution in [1.82, 2.24) is 29.7 Å². The van der Waals surface area contributed by atoms with E-state index in [0.717, 1.165) is 49.4 Å². The topological polar surface area (TPSA) is 139 Å². The van der Waals surface area contributed by atoms with E-state index in [1.807, 2.05) is 12.1 Å². The average molecular weight is 769 g/mol. The summed E-state index contributed by atoms with van der Waals surface area (Å²) < 4.78 is 55.9. The molecule has 5 heterocycles. The summed E-state index contributed by atoms with van der Waals surface area (Å²) >= 11 is 5.86. The van der Waals surface area contributed by atoms with Crippen molar-refractivity contribution in [3.05, 3.63) is 88.1 Å². The number of pyridine rings is 1. The molecular weight excluding hydrogens is 729 g/mol. The predicted molar refractivity (Wildman–Crippen MR) is 191 cm³/mol. The molecule has 16 heteroatoms. The van der Waals surface area contributed by atoms with Gasteiger partial charge in [0.1, 0.15) is 30.3 Å². The van der Waals surface area contributed by atoms with Crippen molar-refractivity contribution in [2.24, 2.45) is 0 Å². The second-order valence-corrected chi connectivity index (χ2v) is 14.6. The molecule has 2 aromatic heterocycles. The number of imidazole rings is 1. The van der Waals surface area contributed by atoms with Gasteiger partial charge < -0.3 is 29.4 Å². The van der Waals surface area contributed by atoms with Crippen LogP contribution in [0.2, 0.25) is 5.02 Å². The van der Waals surface area contributed by atoms with E-state index in [2.05, 4.69) is 14.8 Å². The highest BCUT2D eigenvalue weighted by Crippen LogP contribution is 2.33. The van der Waals surface area contributed by atoms with Gasteiger partial charge in [0.05, 0.1) is 36.8 Å². The van der Waals surface area contributed by atoms with E-state index in [0.29, 0.717) is 46.6 Å². The second kappa shape index (κ2) is 15.6. The van der Waals surface area contributed by atoms with Crippen LogP contribution < -0.4 is 10.1 Å². The highest BCUT2D eigenvalue weighted by atomic mass is 35.5. The summed E-state index contributed by atoms with van der Waals surface area (Å²) in [6.07, 6.45) is 1.71. The van der Waals surface area contributed by atoms with Crippen LogP contribution >= 0.6 is 11.6 Å². The number of piperidine rings is 1. The zero-order valence-corrected chi connectivity index (χ0v) is 30.3. The summed E-state index contributed by atoms with van der Waals surface area (Å²) in [7, 11) is 0. The molecule has 3 fully saturated rings. The van der Waals surface area contributed by atoms with E-state index in [1.165, 1.54) is 13.0 Å². The molecule has 3 aliphatic heterocycles. The molecule has 7 rings (SSSR count). The van der Waals surface area contributed by atoms with Gasteiger partial charge in [0.2, 0.25) is 11.8 Å². The zero-order valence-electron chi connectivity index (χ0n) is 29.5. The molecule has 4 aromatic rings. The third-order valence-corrected chi connectivity index (χ3v) is 10.6. The van der Waals surface area contributed by atoms with Crippen LogP contribution in [-0.4, -0.2) is 97.6 Å². The van der Waals surface area contributed by atoms with Gasteiger partial charge in [-0.1, -0.05) is 23.7 Å². The minimum atomic E-state index is -3.33. The highest BCUT2D eigenvalue weighted by Gasteiger charge is 2.51. The molecular formula is C38H40ClF3N6O6. The first-order valence-electron chi connectivity index (χ1n) is 17.9. The molecule has 2 N–H and O–H groups in total. The number of benzene rings is 2. The van der Waals surface area contributed by atoms with Gasteiger partial charge in [0, 0.05) is 46.9 Å². The van der Waals surface area contributed by atoms with E-state index >= 15 is 0 Å². The van der Waals surface area contributed by atoms with Crippen LogP contribution in [0.15, 0.2) is 54.6 Å². The standard InChI is InChI=1S/C38H40ClF3N6O6/c1-22(36(50)48-21-38(41,42)17-32(48)37(51)52)43-35(49)24-6-8-31-30(15-24)44-33(47(31)18-27-11-14-53-27)19-46-12-9-23(10-13-46)29-3-2-4-34(45-29)54-20-25-5-7-26(39)16-28(25)40/h2-8,15-16,22-23,27,32H,9-14,17-21H2,1H3,(H,43,49)(H,51,52)/t22-,27-,32-/m0/s1. The molecule has 0 saturated carbocycles. The lowest BCUT2D eigenvalue weighted by atomic mass is 9.93. The lowest BCUT2D eigenvalue weighted by molar-refractivity contribution is -0.148. The van der Waals surface area contributed by atoms with Crippen molar-refractivity contribution in [2.45, 2.75) is 82.3 Å². The SMILES string of the molecule is C[C@H](NC(=O)c1ccc2c(c1)nc(CN1CCC(c3cccc(OCc4ccc(Cl)cc4F)n3)CC1)n2C[C@@H]1CCO1)C(=O)N1CC(F)(F)C[C@H]1C(=O)O. The van der Waals surface area contributed by atoms with Gasteiger partial charge in [0.15, 0.2) is 0 Å². The molecule has 3 saturated heterocycles. The van der Waals surface area contributed by atoms with Crippen LogP contribution in [0.25, 0.3) is 11.0 Å². The Morgan fingerprint density at radius 3 is 2.57 bits per heavy atom. The van der Waals surface area contributed by atoms with Crippen LogP contribution in [0.3, 0.4) is 0 Å². The van der Waals surface area contributed by atoms with Gasteiger partial charge >= 0.3 is 5.97 Å². The first-order valence-corrected chi connectivity index (χ1v) is 18.3. The Labute approximate surface area is 314 Å². The number of nitrogens with zero attached hydrogens (tertiary/aromatic N) is 5. The number of nitrogens with one attached hydrogen (secondary N) is 1. The maximum absolute atomic E-state index is 14.2. The van der Waals surface area contributed by atoms with Crippen molar-refractivity contribution in [3.63, 3.8) is 0 Å². The number of carboxylic acid groups (broad SMARTS) is 1. The molecule has 0 bridgehead atoms. The van der Waals surface area contributed by atoms with Crippen molar-refractivity contribution >= 4 is 40.4 Å². The number of carbonyl (C=O) groups excluding carboxylic acids is 2. The largest absolute Gasteiger partial charge is 0.480 e. The molecule has 286 valence electrons. The Morgan fingerprint density at radius 1 is 1.09 bits per heavy atom. The summed E-state index contributed by atoms with van der Waals surface area (Å²) in [4.78, 5) is 50.4. The molecule has 54 heavy (non-hydrogen) atoms. The lowest BCUT2D eigenvalue weighted by Crippen LogP contribution is -2.50. The zero-order chi connectivity index (χ0) is 38.1. The van der Waals surface area contributed by atoms with Crippen molar-refractivity contribution in [3.8, 4) is 5.88 Å². The van der Waals surface area contributed by atoms with Crippen molar-refractivity contribution in [1.29, 1.82) is 0 Å². The number of rotatable bonds is 12. The van der Waals surface area contributed by atoms with Crippen LogP contribution in [0.1, 0.15) is 66.0 Å². The number of likely N-dealkylation sites (tertiary alicyclic amines) is 2. The van der Waals surface area contributed by atoms with E-state index in [9.17, 15) is 32.7 Å². The normalized spacial score (nSPS) is 20.8. The summed E-state index contributed by atoms with van der Waals surface area (Å²) in [5.74, 6) is -5.34. The average Bonchev–Trinajstić information content (AvgIpc) is 3.64. The summed E-state index contributed by atoms with van der Waals surface area (Å²) in [5.41, 5.74) is 2.93. The van der Waals surface area contributed by atoms with Gasteiger partial charge in [-0.05, 0) is 75.7 Å².